The monoisotopic (exact) mass is 204 g/mol. The molecule has 1 aliphatic rings. The topological polar surface area (TPSA) is 55.9 Å². The number of allylic oxidation sites excluding steroid dienone is 2. The van der Waals surface area contributed by atoms with E-state index in [1.807, 2.05) is 12.4 Å². The molecule has 1 atom stereocenters. The summed E-state index contributed by atoms with van der Waals surface area (Å²) in [4.78, 5) is 0. The maximum Gasteiger partial charge on any atom is 0.145 e. The summed E-state index contributed by atoms with van der Waals surface area (Å²) in [5, 5.41) is 7.47. The fourth-order valence-electron chi connectivity index (χ4n) is 1.53. The number of nitrogens with zero attached hydrogens (tertiary/aromatic N) is 2. The van der Waals surface area contributed by atoms with E-state index in [0.717, 1.165) is 5.70 Å². The molecule has 0 aliphatic carbocycles. The van der Waals surface area contributed by atoms with Crippen molar-refractivity contribution >= 4 is 11.5 Å². The lowest BCUT2D eigenvalue weighted by Crippen LogP contribution is -2.30. The second-order valence-electron chi connectivity index (χ2n) is 4.05. The summed E-state index contributed by atoms with van der Waals surface area (Å²) in [5.41, 5.74) is 6.56. The summed E-state index contributed by atoms with van der Waals surface area (Å²) in [7, 11) is 0. The summed E-state index contributed by atoms with van der Waals surface area (Å²) in [6.45, 7) is 4.37. The third kappa shape index (κ3) is 2.03. The van der Waals surface area contributed by atoms with Crippen molar-refractivity contribution in [1.82, 2.24) is 15.1 Å². The van der Waals surface area contributed by atoms with Gasteiger partial charge >= 0.3 is 0 Å². The third-order valence-corrected chi connectivity index (χ3v) is 2.49. The highest BCUT2D eigenvalue weighted by Crippen LogP contribution is 2.14. The highest BCUT2D eigenvalue weighted by Gasteiger charge is 2.12. The lowest BCUT2D eigenvalue weighted by atomic mass is 10.0. The highest BCUT2D eigenvalue weighted by molar-refractivity contribution is 5.58. The van der Waals surface area contributed by atoms with E-state index in [1.165, 1.54) is 0 Å². The molecule has 80 valence electrons. The number of anilines is 1. The van der Waals surface area contributed by atoms with Gasteiger partial charge in [0, 0.05) is 24.5 Å². The largest absolute Gasteiger partial charge is 0.383 e. The van der Waals surface area contributed by atoms with E-state index < -0.39 is 0 Å². The molecule has 0 aromatic carbocycles. The van der Waals surface area contributed by atoms with Crippen LogP contribution in [0.1, 0.15) is 13.8 Å². The molecule has 3 N–H and O–H groups in total. The zero-order valence-corrected chi connectivity index (χ0v) is 9.01. The molecule has 0 radical (unpaired) electrons. The average molecular weight is 204 g/mol. The van der Waals surface area contributed by atoms with Crippen LogP contribution in [0.25, 0.3) is 5.70 Å². The standard InChI is InChI=1S/C11H16N4/c1-8(2)10-4-3-9(7-13-10)15-6-5-11(12)14-15/h3-8,10,13H,1-2H3,(H2,12,14). The van der Waals surface area contributed by atoms with Gasteiger partial charge in [0.15, 0.2) is 0 Å². The van der Waals surface area contributed by atoms with Crippen LogP contribution in [0.15, 0.2) is 30.6 Å². The van der Waals surface area contributed by atoms with Gasteiger partial charge in [-0.05, 0) is 12.0 Å². The van der Waals surface area contributed by atoms with Crippen molar-refractivity contribution in [1.29, 1.82) is 0 Å². The van der Waals surface area contributed by atoms with Gasteiger partial charge < -0.3 is 11.1 Å². The number of aromatic nitrogens is 2. The minimum Gasteiger partial charge on any atom is -0.383 e. The summed E-state index contributed by atoms with van der Waals surface area (Å²) in [6, 6.07) is 2.19. The van der Waals surface area contributed by atoms with Crippen molar-refractivity contribution < 1.29 is 0 Å². The van der Waals surface area contributed by atoms with Crippen LogP contribution in [-0.2, 0) is 0 Å². The molecule has 0 spiro atoms. The number of rotatable bonds is 2. The van der Waals surface area contributed by atoms with Crippen molar-refractivity contribution in [2.24, 2.45) is 5.92 Å². The number of hydrogen-bond donors (Lipinski definition) is 2. The number of hydrogen-bond acceptors (Lipinski definition) is 3. The number of nitrogen functional groups attached to an aromatic ring is 1. The van der Waals surface area contributed by atoms with Gasteiger partial charge in [0.2, 0.25) is 0 Å². The molecule has 1 aromatic heterocycles. The van der Waals surface area contributed by atoms with Crippen molar-refractivity contribution in [3.05, 3.63) is 30.6 Å². The highest BCUT2D eigenvalue weighted by atomic mass is 15.3. The summed E-state index contributed by atoms with van der Waals surface area (Å²) < 4.78 is 1.76. The molecule has 1 unspecified atom stereocenters. The Bertz CT molecular complexity index is 400. The van der Waals surface area contributed by atoms with E-state index >= 15 is 0 Å². The predicted octanol–water partition coefficient (Wildman–Crippen LogP) is 1.45. The van der Waals surface area contributed by atoms with Gasteiger partial charge in [0.25, 0.3) is 0 Å². The quantitative estimate of drug-likeness (QED) is 0.766. The van der Waals surface area contributed by atoms with E-state index in [1.54, 1.807) is 10.7 Å². The van der Waals surface area contributed by atoms with Crippen molar-refractivity contribution in [2.75, 3.05) is 5.73 Å². The molecule has 0 bridgehead atoms. The minimum atomic E-state index is 0.404. The van der Waals surface area contributed by atoms with Crippen molar-refractivity contribution in [3.63, 3.8) is 0 Å². The maximum absolute atomic E-state index is 5.56. The van der Waals surface area contributed by atoms with Crippen LogP contribution in [0, 0.1) is 5.92 Å². The Morgan fingerprint density at radius 1 is 1.53 bits per heavy atom. The van der Waals surface area contributed by atoms with Crippen molar-refractivity contribution in [3.8, 4) is 0 Å². The molecule has 1 aliphatic heterocycles. The van der Waals surface area contributed by atoms with Crippen LogP contribution in [-0.4, -0.2) is 15.8 Å². The Kier molecular flexibility index (Phi) is 2.49. The summed E-state index contributed by atoms with van der Waals surface area (Å²) in [5.74, 6) is 1.12. The van der Waals surface area contributed by atoms with Gasteiger partial charge in [-0.2, -0.15) is 5.10 Å². The fourth-order valence-corrected chi connectivity index (χ4v) is 1.53. The van der Waals surface area contributed by atoms with Gasteiger partial charge in [0.1, 0.15) is 5.82 Å². The molecule has 15 heavy (non-hydrogen) atoms. The SMILES string of the molecule is CC(C)C1C=CC(n2ccc(N)n2)=CN1. The van der Waals surface area contributed by atoms with Gasteiger partial charge in [-0.15, -0.1) is 0 Å². The zero-order valence-electron chi connectivity index (χ0n) is 9.01. The van der Waals surface area contributed by atoms with Crippen LogP contribution in [0.2, 0.25) is 0 Å². The Morgan fingerprint density at radius 2 is 2.33 bits per heavy atom. The van der Waals surface area contributed by atoms with Gasteiger partial charge in [-0.1, -0.05) is 19.9 Å². The first-order chi connectivity index (χ1) is 7.16. The Morgan fingerprint density at radius 3 is 2.80 bits per heavy atom. The van der Waals surface area contributed by atoms with E-state index in [4.69, 9.17) is 5.73 Å². The second-order valence-corrected chi connectivity index (χ2v) is 4.05. The van der Waals surface area contributed by atoms with Crippen molar-refractivity contribution in [2.45, 2.75) is 19.9 Å². The van der Waals surface area contributed by atoms with E-state index in [0.29, 0.717) is 17.8 Å². The first-order valence-corrected chi connectivity index (χ1v) is 5.13. The molecule has 2 rings (SSSR count). The fraction of sp³-hybridized carbons (Fsp3) is 0.364. The average Bonchev–Trinajstić information content (AvgIpc) is 2.65. The van der Waals surface area contributed by atoms with E-state index in [9.17, 15) is 0 Å². The van der Waals surface area contributed by atoms with Crippen LogP contribution in [0.3, 0.4) is 0 Å². The third-order valence-electron chi connectivity index (χ3n) is 2.49. The molecule has 0 saturated heterocycles. The van der Waals surface area contributed by atoms with E-state index in [-0.39, 0.29) is 0 Å². The van der Waals surface area contributed by atoms with Crippen LogP contribution < -0.4 is 11.1 Å². The lowest BCUT2D eigenvalue weighted by molar-refractivity contribution is 0.511. The first kappa shape index (κ1) is 9.83. The Hall–Kier alpha value is -1.71. The number of nitrogens with one attached hydrogen (secondary N) is 1. The summed E-state index contributed by atoms with van der Waals surface area (Å²) in [6.07, 6.45) is 8.03. The molecule has 0 fully saturated rings. The normalized spacial score (nSPS) is 20.2. The number of dihydropyridines is 1. The van der Waals surface area contributed by atoms with E-state index in [2.05, 4.69) is 36.4 Å². The van der Waals surface area contributed by atoms with Gasteiger partial charge in [-0.25, -0.2) is 4.68 Å². The Labute approximate surface area is 89.5 Å². The zero-order chi connectivity index (χ0) is 10.8. The van der Waals surface area contributed by atoms with Crippen LogP contribution in [0.5, 0.6) is 0 Å². The molecule has 0 saturated carbocycles. The molecule has 2 heterocycles. The second kappa shape index (κ2) is 3.81. The Balaban J connectivity index is 2.13. The summed E-state index contributed by atoms with van der Waals surface area (Å²) >= 11 is 0. The molecular formula is C11H16N4. The molecule has 1 aromatic rings. The number of nitrogens with two attached hydrogens (primary N) is 1. The molecule has 4 heteroatoms. The van der Waals surface area contributed by atoms with Crippen LogP contribution in [0.4, 0.5) is 5.82 Å². The van der Waals surface area contributed by atoms with Crippen LogP contribution >= 0.6 is 0 Å². The molecular weight excluding hydrogens is 188 g/mol. The van der Waals surface area contributed by atoms with Gasteiger partial charge in [0.05, 0.1) is 5.70 Å². The molecule has 4 nitrogen and oxygen atoms in total. The van der Waals surface area contributed by atoms with Gasteiger partial charge in [-0.3, -0.25) is 0 Å². The smallest absolute Gasteiger partial charge is 0.145 e. The molecule has 0 amide bonds. The lowest BCUT2D eigenvalue weighted by Gasteiger charge is -2.21. The first-order valence-electron chi connectivity index (χ1n) is 5.13. The maximum atomic E-state index is 5.56. The predicted molar refractivity (Wildman–Crippen MR) is 61.8 cm³/mol. The minimum absolute atomic E-state index is 0.404.